The molecule has 0 unspecified atom stereocenters. The second-order valence-corrected chi connectivity index (χ2v) is 13.9. The molecule has 0 spiro atoms. The highest BCUT2D eigenvalue weighted by Gasteiger charge is 2.40. The van der Waals surface area contributed by atoms with Crippen molar-refractivity contribution in [1.82, 2.24) is 0 Å². The molecule has 0 N–H and O–H groups in total. The second-order valence-electron chi connectivity index (χ2n) is 9.07. The first kappa shape index (κ1) is 20.8. The molecule has 0 bridgehead atoms. The smallest absolute Gasteiger partial charge is 0.191 e. The second kappa shape index (κ2) is 7.77. The minimum atomic E-state index is -1.70. The molecule has 0 saturated carbocycles. The van der Waals surface area contributed by atoms with Gasteiger partial charge in [-0.15, -0.1) is 0 Å². The van der Waals surface area contributed by atoms with E-state index in [2.05, 4.69) is 47.7 Å². The predicted molar refractivity (Wildman–Crippen MR) is 96.1 cm³/mol. The third-order valence-corrected chi connectivity index (χ3v) is 9.60. The average Bonchev–Trinajstić information content (AvgIpc) is 2.43. The van der Waals surface area contributed by atoms with Crippen LogP contribution in [0, 0.1) is 5.41 Å². The fraction of sp³-hybridized carbons (Fsp3) is 0.944. The van der Waals surface area contributed by atoms with Gasteiger partial charge in [-0.1, -0.05) is 34.6 Å². The van der Waals surface area contributed by atoms with Crippen LogP contribution in [0.3, 0.4) is 0 Å². The van der Waals surface area contributed by atoms with Gasteiger partial charge >= 0.3 is 0 Å². The number of hydrogen-bond donors (Lipinski definition) is 0. The van der Waals surface area contributed by atoms with Gasteiger partial charge in [-0.3, -0.25) is 0 Å². The first-order valence-corrected chi connectivity index (χ1v) is 11.7. The number of ether oxygens (including phenoxy) is 2. The topological polar surface area (TPSA) is 44.8 Å². The van der Waals surface area contributed by atoms with Crippen molar-refractivity contribution >= 4 is 14.6 Å². The van der Waals surface area contributed by atoms with Gasteiger partial charge in [0.25, 0.3) is 0 Å². The summed E-state index contributed by atoms with van der Waals surface area (Å²) in [7, 11) is -1.70. The van der Waals surface area contributed by atoms with Crippen molar-refractivity contribution in [2.45, 2.75) is 84.2 Å². The Morgan fingerprint density at radius 3 is 2.17 bits per heavy atom. The van der Waals surface area contributed by atoms with Crippen LogP contribution in [0.25, 0.3) is 0 Å². The Kier molecular flexibility index (Phi) is 7.03. The molecule has 4 nitrogen and oxygen atoms in total. The quantitative estimate of drug-likeness (QED) is 0.368. The third-order valence-electron chi connectivity index (χ3n) is 5.07. The van der Waals surface area contributed by atoms with Gasteiger partial charge < -0.3 is 18.7 Å². The molecule has 1 rings (SSSR count). The van der Waals surface area contributed by atoms with Crippen molar-refractivity contribution in [2.24, 2.45) is 5.41 Å². The van der Waals surface area contributed by atoms with Crippen LogP contribution >= 0.6 is 0 Å². The number of carbonyl (C=O) groups excluding carboxylic acids is 1. The molecule has 1 saturated heterocycles. The predicted octanol–water partition coefficient (Wildman–Crippen LogP) is 4.54. The molecule has 1 aliphatic heterocycles. The summed E-state index contributed by atoms with van der Waals surface area (Å²) in [6.45, 7) is 17.6. The van der Waals surface area contributed by atoms with Crippen molar-refractivity contribution in [3.8, 4) is 0 Å². The van der Waals surface area contributed by atoms with E-state index in [1.165, 1.54) is 0 Å². The molecular weight excluding hydrogens is 308 g/mol. The van der Waals surface area contributed by atoms with E-state index in [-0.39, 0.29) is 10.5 Å². The molecule has 1 aliphatic rings. The van der Waals surface area contributed by atoms with Crippen LogP contribution < -0.4 is 0 Å². The van der Waals surface area contributed by atoms with Crippen LogP contribution in [0.15, 0.2) is 0 Å². The molecular formula is C18H36O4Si. The standard InChI is InChI=1S/C18H36O4Si/c1-16(2,3)23(6,7)22-13-9-11-18(10-8-12-19)20-14-17(4,5)15-21-18/h12H,8-11,13-15H2,1-7H3. The van der Waals surface area contributed by atoms with Crippen LogP contribution in [0.2, 0.25) is 18.1 Å². The Morgan fingerprint density at radius 2 is 1.70 bits per heavy atom. The van der Waals surface area contributed by atoms with Gasteiger partial charge in [-0.25, -0.2) is 0 Å². The van der Waals surface area contributed by atoms with Gasteiger partial charge in [0.05, 0.1) is 13.2 Å². The number of rotatable bonds is 8. The Bertz CT molecular complexity index is 375. The summed E-state index contributed by atoms with van der Waals surface area (Å²) in [6.07, 6.45) is 3.73. The Labute approximate surface area is 143 Å². The number of carbonyl (C=O) groups is 1. The molecule has 0 radical (unpaired) electrons. The van der Waals surface area contributed by atoms with E-state index >= 15 is 0 Å². The lowest BCUT2D eigenvalue weighted by Gasteiger charge is -2.44. The summed E-state index contributed by atoms with van der Waals surface area (Å²) in [5, 5.41) is 0.226. The maximum Gasteiger partial charge on any atom is 0.191 e. The van der Waals surface area contributed by atoms with Gasteiger partial charge in [0.2, 0.25) is 0 Å². The van der Waals surface area contributed by atoms with Gasteiger partial charge in [0, 0.05) is 31.3 Å². The van der Waals surface area contributed by atoms with E-state index in [9.17, 15) is 4.79 Å². The minimum absolute atomic E-state index is 0.0440. The summed E-state index contributed by atoms with van der Waals surface area (Å²) in [5.74, 6) is -0.604. The summed E-state index contributed by atoms with van der Waals surface area (Å²) in [6, 6.07) is 0. The Morgan fingerprint density at radius 1 is 1.13 bits per heavy atom. The fourth-order valence-electron chi connectivity index (χ4n) is 2.31. The van der Waals surface area contributed by atoms with E-state index < -0.39 is 14.1 Å². The molecule has 0 amide bonds. The maximum atomic E-state index is 10.8. The molecule has 0 aromatic rings. The third kappa shape index (κ3) is 6.29. The van der Waals surface area contributed by atoms with E-state index in [0.717, 1.165) is 25.7 Å². The van der Waals surface area contributed by atoms with Crippen LogP contribution in [0.1, 0.15) is 60.3 Å². The fourth-order valence-corrected chi connectivity index (χ4v) is 3.40. The minimum Gasteiger partial charge on any atom is -0.417 e. The molecule has 0 aliphatic carbocycles. The van der Waals surface area contributed by atoms with Crippen molar-refractivity contribution in [3.63, 3.8) is 0 Å². The Balaban J connectivity index is 2.51. The van der Waals surface area contributed by atoms with Crippen molar-refractivity contribution in [2.75, 3.05) is 19.8 Å². The van der Waals surface area contributed by atoms with Crippen molar-refractivity contribution in [1.29, 1.82) is 0 Å². The highest BCUT2D eigenvalue weighted by atomic mass is 28.4. The molecule has 136 valence electrons. The van der Waals surface area contributed by atoms with E-state index in [1.54, 1.807) is 0 Å². The Hall–Kier alpha value is -0.233. The summed E-state index contributed by atoms with van der Waals surface area (Å²) >= 11 is 0. The van der Waals surface area contributed by atoms with Crippen molar-refractivity contribution in [3.05, 3.63) is 0 Å². The monoisotopic (exact) mass is 344 g/mol. The summed E-state index contributed by atoms with van der Waals surface area (Å²) < 4.78 is 18.3. The van der Waals surface area contributed by atoms with Gasteiger partial charge in [0.15, 0.2) is 14.1 Å². The van der Waals surface area contributed by atoms with Crippen LogP contribution in [0.5, 0.6) is 0 Å². The average molecular weight is 345 g/mol. The zero-order chi connectivity index (χ0) is 17.8. The molecule has 0 atom stereocenters. The van der Waals surface area contributed by atoms with Crippen molar-refractivity contribution < 1.29 is 18.7 Å². The van der Waals surface area contributed by atoms with E-state index in [0.29, 0.717) is 26.1 Å². The largest absolute Gasteiger partial charge is 0.417 e. The van der Waals surface area contributed by atoms with Gasteiger partial charge in [0.1, 0.15) is 6.29 Å². The number of aldehydes is 1. The van der Waals surface area contributed by atoms with E-state index in [1.807, 2.05) is 0 Å². The number of hydrogen-bond acceptors (Lipinski definition) is 4. The normalized spacial score (nSPS) is 21.2. The first-order valence-electron chi connectivity index (χ1n) is 8.79. The lowest BCUT2D eigenvalue weighted by Crippen LogP contribution is -2.48. The first-order chi connectivity index (χ1) is 10.4. The lowest BCUT2D eigenvalue weighted by atomic mass is 9.93. The van der Waals surface area contributed by atoms with Crippen LogP contribution in [-0.4, -0.2) is 40.2 Å². The molecule has 0 aromatic carbocycles. The van der Waals surface area contributed by atoms with Gasteiger partial charge in [-0.2, -0.15) is 0 Å². The maximum absolute atomic E-state index is 10.8. The zero-order valence-corrected chi connectivity index (χ0v) is 17.2. The summed E-state index contributed by atoms with van der Waals surface area (Å²) in [5.41, 5.74) is 0.0440. The van der Waals surface area contributed by atoms with Crippen LogP contribution in [0.4, 0.5) is 0 Å². The molecule has 0 aromatic heterocycles. The van der Waals surface area contributed by atoms with Gasteiger partial charge in [-0.05, 0) is 24.6 Å². The van der Waals surface area contributed by atoms with Crippen LogP contribution in [-0.2, 0) is 18.7 Å². The highest BCUT2D eigenvalue weighted by Crippen LogP contribution is 2.38. The molecule has 1 fully saturated rings. The highest BCUT2D eigenvalue weighted by molar-refractivity contribution is 6.74. The molecule has 5 heteroatoms. The van der Waals surface area contributed by atoms with E-state index in [4.69, 9.17) is 13.9 Å². The summed E-state index contributed by atoms with van der Waals surface area (Å²) in [4.78, 5) is 10.8. The molecule has 23 heavy (non-hydrogen) atoms. The SMILES string of the molecule is CC1(C)COC(CCC=O)(CCCO[Si](C)(C)C(C)(C)C)OC1. The lowest BCUT2D eigenvalue weighted by molar-refractivity contribution is -0.304. The zero-order valence-electron chi connectivity index (χ0n) is 16.2. The molecule has 1 heterocycles.